The Labute approximate surface area is 182 Å². The number of rotatable bonds is 7. The molecule has 0 radical (unpaired) electrons. The first-order chi connectivity index (χ1) is 14.4. The summed E-state index contributed by atoms with van der Waals surface area (Å²) in [6, 6.07) is 18.3. The van der Waals surface area contributed by atoms with Crippen molar-refractivity contribution in [2.45, 2.75) is 67.6 Å². The average molecular weight is 421 g/mol. The second kappa shape index (κ2) is 8.35. The van der Waals surface area contributed by atoms with Crippen LogP contribution in [0.4, 0.5) is 0 Å². The van der Waals surface area contributed by atoms with Crippen molar-refractivity contribution in [2.75, 3.05) is 0 Å². The standard InChI is InChI=1S/C26H28O3S/c1-17(2)20-10-9-18(3)15-22(20)30-24-21(27)16-23(29-25(24)28)26(13-14-26)12-11-19-7-5-4-6-8-19/h4-10,15-17,27H,11-14H2,1-3H3. The van der Waals surface area contributed by atoms with Gasteiger partial charge in [0.25, 0.3) is 0 Å². The van der Waals surface area contributed by atoms with Gasteiger partial charge in [0, 0.05) is 16.4 Å². The maximum Gasteiger partial charge on any atom is 0.353 e. The molecule has 4 rings (SSSR count). The van der Waals surface area contributed by atoms with Crippen molar-refractivity contribution in [1.29, 1.82) is 0 Å². The SMILES string of the molecule is Cc1ccc(C(C)C)c(Sc2c(O)cc(C3(CCc4ccccc4)CC3)oc2=O)c1. The topological polar surface area (TPSA) is 50.4 Å². The zero-order valence-corrected chi connectivity index (χ0v) is 18.6. The molecule has 1 N–H and O–H groups in total. The van der Waals surface area contributed by atoms with E-state index >= 15 is 0 Å². The molecule has 0 amide bonds. The molecule has 0 atom stereocenters. The molecule has 4 heteroatoms. The first kappa shape index (κ1) is 20.8. The van der Waals surface area contributed by atoms with Crippen LogP contribution in [0.25, 0.3) is 0 Å². The summed E-state index contributed by atoms with van der Waals surface area (Å²) in [4.78, 5) is 14.1. The van der Waals surface area contributed by atoms with E-state index in [1.165, 1.54) is 17.3 Å². The Hall–Kier alpha value is -2.46. The molecule has 0 spiro atoms. The van der Waals surface area contributed by atoms with E-state index in [2.05, 4.69) is 44.2 Å². The summed E-state index contributed by atoms with van der Waals surface area (Å²) in [6.45, 7) is 6.29. The van der Waals surface area contributed by atoms with E-state index in [0.29, 0.717) is 11.7 Å². The predicted octanol–water partition coefficient (Wildman–Crippen LogP) is 6.59. The monoisotopic (exact) mass is 420 g/mol. The summed E-state index contributed by atoms with van der Waals surface area (Å²) in [5, 5.41) is 10.7. The molecular formula is C26H28O3S. The van der Waals surface area contributed by atoms with Crippen molar-refractivity contribution in [1.82, 2.24) is 0 Å². The first-order valence-electron chi connectivity index (χ1n) is 10.6. The highest BCUT2D eigenvalue weighted by Gasteiger charge is 2.46. The molecule has 156 valence electrons. The van der Waals surface area contributed by atoms with Gasteiger partial charge in [0.05, 0.1) is 0 Å². The van der Waals surface area contributed by atoms with Gasteiger partial charge in [-0.05, 0) is 61.3 Å². The van der Waals surface area contributed by atoms with Crippen LogP contribution >= 0.6 is 11.8 Å². The van der Waals surface area contributed by atoms with Gasteiger partial charge in [0.15, 0.2) is 0 Å². The van der Waals surface area contributed by atoms with E-state index in [9.17, 15) is 9.90 Å². The van der Waals surface area contributed by atoms with E-state index in [4.69, 9.17) is 4.42 Å². The van der Waals surface area contributed by atoms with Crippen molar-refractivity contribution >= 4 is 11.8 Å². The summed E-state index contributed by atoms with van der Waals surface area (Å²) >= 11 is 1.30. The van der Waals surface area contributed by atoms with Crippen LogP contribution in [-0.4, -0.2) is 5.11 Å². The molecule has 1 aliphatic carbocycles. The van der Waals surface area contributed by atoms with Crippen LogP contribution in [0, 0.1) is 6.92 Å². The van der Waals surface area contributed by atoms with Gasteiger partial charge in [-0.15, -0.1) is 0 Å². The summed E-state index contributed by atoms with van der Waals surface area (Å²) in [6.07, 6.45) is 3.83. The molecule has 1 heterocycles. The number of aromatic hydroxyl groups is 1. The highest BCUT2D eigenvalue weighted by molar-refractivity contribution is 7.99. The fourth-order valence-electron chi connectivity index (χ4n) is 3.94. The lowest BCUT2D eigenvalue weighted by Crippen LogP contribution is -2.13. The number of benzene rings is 2. The molecule has 1 fully saturated rings. The molecule has 1 saturated carbocycles. The molecule has 0 unspecified atom stereocenters. The van der Waals surface area contributed by atoms with Crippen LogP contribution in [0.3, 0.4) is 0 Å². The van der Waals surface area contributed by atoms with Gasteiger partial charge in [0.2, 0.25) is 0 Å². The van der Waals surface area contributed by atoms with E-state index in [-0.39, 0.29) is 16.1 Å². The van der Waals surface area contributed by atoms with Crippen molar-refractivity contribution in [3.05, 3.63) is 87.5 Å². The lowest BCUT2D eigenvalue weighted by Gasteiger charge is -2.16. The van der Waals surface area contributed by atoms with Crippen LogP contribution < -0.4 is 5.63 Å². The lowest BCUT2D eigenvalue weighted by atomic mass is 9.94. The molecule has 0 aliphatic heterocycles. The molecule has 0 bridgehead atoms. The lowest BCUT2D eigenvalue weighted by molar-refractivity contribution is 0.366. The summed E-state index contributed by atoms with van der Waals surface area (Å²) in [5.74, 6) is 0.973. The Balaban J connectivity index is 1.59. The molecule has 1 aromatic heterocycles. The number of hydrogen-bond acceptors (Lipinski definition) is 4. The van der Waals surface area contributed by atoms with Crippen molar-refractivity contribution in [2.24, 2.45) is 0 Å². The fraction of sp³-hybridized carbons (Fsp3) is 0.346. The molecule has 3 aromatic rings. The Morgan fingerprint density at radius 3 is 2.47 bits per heavy atom. The third-order valence-corrected chi connectivity index (χ3v) is 7.16. The highest BCUT2D eigenvalue weighted by atomic mass is 32.2. The molecular weight excluding hydrogens is 392 g/mol. The van der Waals surface area contributed by atoms with E-state index in [0.717, 1.165) is 41.7 Å². The van der Waals surface area contributed by atoms with Gasteiger partial charge in [-0.3, -0.25) is 0 Å². The zero-order chi connectivity index (χ0) is 21.3. The van der Waals surface area contributed by atoms with Crippen LogP contribution in [-0.2, 0) is 11.8 Å². The normalized spacial score (nSPS) is 14.8. The fourth-order valence-corrected chi connectivity index (χ4v) is 5.12. The number of aryl methyl sites for hydroxylation is 2. The van der Waals surface area contributed by atoms with Gasteiger partial charge in [-0.1, -0.05) is 68.1 Å². The third-order valence-electron chi connectivity index (χ3n) is 6.00. The quantitative estimate of drug-likeness (QED) is 0.468. The molecule has 2 aromatic carbocycles. The van der Waals surface area contributed by atoms with Crippen molar-refractivity contribution in [3.8, 4) is 5.75 Å². The molecule has 1 aliphatic rings. The van der Waals surface area contributed by atoms with Crippen LogP contribution in [0.5, 0.6) is 5.75 Å². The number of hydrogen-bond donors (Lipinski definition) is 1. The van der Waals surface area contributed by atoms with Gasteiger partial charge < -0.3 is 9.52 Å². The van der Waals surface area contributed by atoms with Crippen molar-refractivity contribution < 1.29 is 9.52 Å². The van der Waals surface area contributed by atoms with E-state index in [1.54, 1.807) is 6.07 Å². The maximum absolute atomic E-state index is 12.8. The van der Waals surface area contributed by atoms with Gasteiger partial charge >= 0.3 is 5.63 Å². The summed E-state index contributed by atoms with van der Waals surface area (Å²) in [5.41, 5.74) is 3.00. The summed E-state index contributed by atoms with van der Waals surface area (Å²) in [7, 11) is 0. The van der Waals surface area contributed by atoms with Crippen LogP contribution in [0.1, 0.15) is 61.5 Å². The summed E-state index contributed by atoms with van der Waals surface area (Å²) < 4.78 is 5.77. The Morgan fingerprint density at radius 1 is 1.10 bits per heavy atom. The molecule has 0 saturated heterocycles. The van der Waals surface area contributed by atoms with E-state index < -0.39 is 5.63 Å². The minimum Gasteiger partial charge on any atom is -0.506 e. The minimum atomic E-state index is -0.447. The maximum atomic E-state index is 12.8. The predicted molar refractivity (Wildman–Crippen MR) is 122 cm³/mol. The minimum absolute atomic E-state index is 0.0217. The molecule has 30 heavy (non-hydrogen) atoms. The van der Waals surface area contributed by atoms with Crippen LogP contribution in [0.2, 0.25) is 0 Å². The first-order valence-corrected chi connectivity index (χ1v) is 11.4. The highest BCUT2D eigenvalue weighted by Crippen LogP contribution is 2.52. The van der Waals surface area contributed by atoms with Gasteiger partial charge in [-0.25, -0.2) is 4.79 Å². The molecule has 3 nitrogen and oxygen atoms in total. The van der Waals surface area contributed by atoms with E-state index in [1.807, 2.05) is 25.1 Å². The smallest absolute Gasteiger partial charge is 0.353 e. The average Bonchev–Trinajstić information content (AvgIpc) is 3.51. The third kappa shape index (κ3) is 4.34. The largest absolute Gasteiger partial charge is 0.506 e. The Bertz CT molecular complexity index is 1100. The zero-order valence-electron chi connectivity index (χ0n) is 17.8. The Kier molecular flexibility index (Phi) is 5.79. The second-order valence-electron chi connectivity index (χ2n) is 8.68. The van der Waals surface area contributed by atoms with Gasteiger partial charge in [0.1, 0.15) is 16.4 Å². The van der Waals surface area contributed by atoms with Crippen LogP contribution in [0.15, 0.2) is 73.6 Å². The van der Waals surface area contributed by atoms with Crippen molar-refractivity contribution in [3.63, 3.8) is 0 Å². The Morgan fingerprint density at radius 2 is 1.83 bits per heavy atom. The second-order valence-corrected chi connectivity index (χ2v) is 9.73. The van der Waals surface area contributed by atoms with Gasteiger partial charge in [-0.2, -0.15) is 0 Å².